The van der Waals surface area contributed by atoms with E-state index < -0.39 is 10.5 Å². The van der Waals surface area contributed by atoms with Gasteiger partial charge in [-0.25, -0.2) is 0 Å². The summed E-state index contributed by atoms with van der Waals surface area (Å²) in [5.74, 6) is 0.343. The predicted octanol–water partition coefficient (Wildman–Crippen LogP) is 1.82. The molecular formula is C19H22ClN5O5. The van der Waals surface area contributed by atoms with Crippen LogP contribution < -0.4 is 9.47 Å². The van der Waals surface area contributed by atoms with E-state index >= 15 is 0 Å². The molecule has 4 rings (SSSR count). The Bertz CT molecular complexity index is 916. The minimum Gasteiger partial charge on any atom is -0.484 e. The van der Waals surface area contributed by atoms with Crippen molar-refractivity contribution in [3.63, 3.8) is 0 Å². The molecule has 0 aliphatic carbocycles. The van der Waals surface area contributed by atoms with E-state index in [9.17, 15) is 14.9 Å². The van der Waals surface area contributed by atoms with Gasteiger partial charge in [0.2, 0.25) is 0 Å². The fraction of sp³-hybridized carbons (Fsp3) is 0.474. The van der Waals surface area contributed by atoms with E-state index in [4.69, 9.17) is 21.1 Å². The Kier molecular flexibility index (Phi) is 5.52. The van der Waals surface area contributed by atoms with E-state index in [0.29, 0.717) is 50.0 Å². The van der Waals surface area contributed by atoms with Crippen molar-refractivity contribution in [2.75, 3.05) is 39.3 Å². The van der Waals surface area contributed by atoms with Crippen molar-refractivity contribution in [1.29, 1.82) is 0 Å². The SMILES string of the molecule is C[C@]1(CN2CCN(C(=O)COc3ccc(Cl)cc3)CC2)Cn2cc([N+](=O)[O-])nc2O1. The third-order valence-electron chi connectivity index (χ3n) is 5.22. The quantitative estimate of drug-likeness (QED) is 0.503. The Morgan fingerprint density at radius 1 is 1.30 bits per heavy atom. The number of aromatic nitrogens is 2. The summed E-state index contributed by atoms with van der Waals surface area (Å²) >= 11 is 5.84. The number of imidazole rings is 1. The second-order valence-corrected chi connectivity index (χ2v) is 8.15. The van der Waals surface area contributed by atoms with E-state index in [1.54, 1.807) is 33.7 Å². The molecular weight excluding hydrogens is 414 g/mol. The van der Waals surface area contributed by atoms with Gasteiger partial charge in [0.05, 0.1) is 6.54 Å². The highest BCUT2D eigenvalue weighted by atomic mass is 35.5. The normalized spacial score (nSPS) is 21.2. The fourth-order valence-corrected chi connectivity index (χ4v) is 3.89. The molecule has 1 aromatic carbocycles. The van der Waals surface area contributed by atoms with Crippen molar-refractivity contribution in [1.82, 2.24) is 19.4 Å². The first-order valence-electron chi connectivity index (χ1n) is 9.60. The van der Waals surface area contributed by atoms with E-state index in [-0.39, 0.29) is 24.3 Å². The standard InChI is InChI=1S/C19H22ClN5O5/c1-19(13-24-10-16(25(27)28)21-18(24)30-19)12-22-6-8-23(9-7-22)17(26)11-29-15-4-2-14(20)3-5-15/h2-5,10H,6-9,11-13H2,1H3/t19-/m0/s1. The lowest BCUT2D eigenvalue weighted by molar-refractivity contribution is -0.389. The molecule has 0 saturated carbocycles. The van der Waals surface area contributed by atoms with Crippen LogP contribution in [0.25, 0.3) is 0 Å². The summed E-state index contributed by atoms with van der Waals surface area (Å²) in [6, 6.07) is 7.18. The zero-order valence-corrected chi connectivity index (χ0v) is 17.2. The molecule has 1 fully saturated rings. The van der Waals surface area contributed by atoms with Crippen LogP contribution in [0.15, 0.2) is 30.5 Å². The molecule has 10 nitrogen and oxygen atoms in total. The Labute approximate surface area is 178 Å². The third kappa shape index (κ3) is 4.49. The predicted molar refractivity (Wildman–Crippen MR) is 108 cm³/mol. The number of ether oxygens (including phenoxy) is 2. The van der Waals surface area contributed by atoms with Gasteiger partial charge < -0.3 is 24.5 Å². The van der Waals surface area contributed by atoms with Gasteiger partial charge in [-0.3, -0.25) is 14.3 Å². The van der Waals surface area contributed by atoms with Gasteiger partial charge in [-0.1, -0.05) is 11.6 Å². The first kappa shape index (κ1) is 20.4. The lowest BCUT2D eigenvalue weighted by Crippen LogP contribution is -2.54. The molecule has 0 spiro atoms. The van der Waals surface area contributed by atoms with E-state index in [0.717, 1.165) is 0 Å². The number of rotatable bonds is 6. The largest absolute Gasteiger partial charge is 0.484 e. The third-order valence-corrected chi connectivity index (χ3v) is 5.47. The van der Waals surface area contributed by atoms with Crippen LogP contribution >= 0.6 is 11.6 Å². The number of halogens is 1. The Morgan fingerprint density at radius 3 is 2.63 bits per heavy atom. The summed E-state index contributed by atoms with van der Waals surface area (Å²) in [6.45, 7) is 5.74. The number of benzene rings is 1. The summed E-state index contributed by atoms with van der Waals surface area (Å²) in [7, 11) is 0. The molecule has 2 aliphatic heterocycles. The summed E-state index contributed by atoms with van der Waals surface area (Å²) in [4.78, 5) is 30.7. The number of nitro groups is 1. The number of hydrogen-bond donors (Lipinski definition) is 0. The average molecular weight is 436 g/mol. The Morgan fingerprint density at radius 2 is 2.00 bits per heavy atom. The van der Waals surface area contributed by atoms with Crippen molar-refractivity contribution in [2.24, 2.45) is 0 Å². The van der Waals surface area contributed by atoms with Crippen molar-refractivity contribution in [3.05, 3.63) is 45.6 Å². The lowest BCUT2D eigenvalue weighted by Gasteiger charge is -2.37. The number of nitrogens with zero attached hydrogens (tertiary/aromatic N) is 5. The smallest absolute Gasteiger partial charge is 0.415 e. The van der Waals surface area contributed by atoms with Gasteiger partial charge in [-0.05, 0) is 36.1 Å². The molecule has 30 heavy (non-hydrogen) atoms. The maximum Gasteiger partial charge on any atom is 0.415 e. The number of carbonyl (C=O) groups excluding carboxylic acids is 1. The first-order valence-corrected chi connectivity index (χ1v) is 9.98. The zero-order chi connectivity index (χ0) is 21.3. The van der Waals surface area contributed by atoms with E-state index in [1.165, 1.54) is 6.20 Å². The highest BCUT2D eigenvalue weighted by molar-refractivity contribution is 6.30. The Hall–Kier alpha value is -2.85. The van der Waals surface area contributed by atoms with Crippen LogP contribution in [0.2, 0.25) is 5.02 Å². The average Bonchev–Trinajstić information content (AvgIpc) is 3.23. The maximum absolute atomic E-state index is 12.4. The summed E-state index contributed by atoms with van der Waals surface area (Å²) in [5.41, 5.74) is -0.513. The van der Waals surface area contributed by atoms with Crippen molar-refractivity contribution in [3.8, 4) is 11.8 Å². The van der Waals surface area contributed by atoms with Gasteiger partial charge in [0.25, 0.3) is 5.91 Å². The topological polar surface area (TPSA) is 103 Å². The Balaban J connectivity index is 1.23. The van der Waals surface area contributed by atoms with Crippen LogP contribution in [-0.4, -0.2) is 75.1 Å². The molecule has 0 unspecified atom stereocenters. The maximum atomic E-state index is 12.4. The minimum atomic E-state index is -0.529. The zero-order valence-electron chi connectivity index (χ0n) is 16.5. The molecule has 0 bridgehead atoms. The highest BCUT2D eigenvalue weighted by Crippen LogP contribution is 2.31. The van der Waals surface area contributed by atoms with E-state index in [1.807, 2.05) is 6.92 Å². The van der Waals surface area contributed by atoms with Gasteiger partial charge in [0.1, 0.15) is 17.5 Å². The van der Waals surface area contributed by atoms with Crippen LogP contribution in [0.3, 0.4) is 0 Å². The van der Waals surface area contributed by atoms with Crippen LogP contribution in [0, 0.1) is 10.1 Å². The second kappa shape index (κ2) is 8.11. The van der Waals surface area contributed by atoms with Gasteiger partial charge in [0.15, 0.2) is 6.61 Å². The monoisotopic (exact) mass is 435 g/mol. The van der Waals surface area contributed by atoms with Crippen LogP contribution in [0.4, 0.5) is 5.82 Å². The molecule has 1 amide bonds. The number of carbonyl (C=O) groups is 1. The van der Waals surface area contributed by atoms with Gasteiger partial charge >= 0.3 is 11.8 Å². The fourth-order valence-electron chi connectivity index (χ4n) is 3.76. The van der Waals surface area contributed by atoms with Crippen LogP contribution in [0.5, 0.6) is 11.8 Å². The van der Waals surface area contributed by atoms with E-state index in [2.05, 4.69) is 9.88 Å². The molecule has 160 valence electrons. The number of piperazine rings is 1. The molecule has 2 aromatic rings. The summed E-state index contributed by atoms with van der Waals surface area (Å²) in [6.07, 6.45) is 1.40. The van der Waals surface area contributed by atoms with Crippen molar-refractivity contribution >= 4 is 23.3 Å². The van der Waals surface area contributed by atoms with Gasteiger partial charge in [-0.2, -0.15) is 0 Å². The highest BCUT2D eigenvalue weighted by Gasteiger charge is 2.42. The molecule has 0 N–H and O–H groups in total. The summed E-state index contributed by atoms with van der Waals surface area (Å²) in [5, 5.41) is 11.4. The number of amides is 1. The first-order chi connectivity index (χ1) is 14.3. The van der Waals surface area contributed by atoms with Gasteiger partial charge in [0, 0.05) is 42.7 Å². The van der Waals surface area contributed by atoms with Gasteiger partial charge in [-0.15, -0.1) is 0 Å². The van der Waals surface area contributed by atoms with Crippen molar-refractivity contribution in [2.45, 2.75) is 19.1 Å². The molecule has 11 heteroatoms. The molecule has 0 radical (unpaired) electrons. The van der Waals surface area contributed by atoms with Crippen LogP contribution in [-0.2, 0) is 11.3 Å². The molecule has 3 heterocycles. The lowest BCUT2D eigenvalue weighted by atomic mass is 10.1. The molecule has 1 atom stereocenters. The number of hydrogen-bond acceptors (Lipinski definition) is 7. The molecule has 1 aromatic heterocycles. The summed E-state index contributed by atoms with van der Waals surface area (Å²) < 4.78 is 13.1. The molecule has 2 aliphatic rings. The number of fused-ring (bicyclic) bond motifs is 1. The van der Waals surface area contributed by atoms with Crippen molar-refractivity contribution < 1.29 is 19.2 Å². The van der Waals surface area contributed by atoms with Crippen LogP contribution in [0.1, 0.15) is 6.92 Å². The second-order valence-electron chi connectivity index (χ2n) is 7.72. The minimum absolute atomic E-state index is 0.0116. The molecule has 1 saturated heterocycles.